The highest BCUT2D eigenvalue weighted by molar-refractivity contribution is 5.93. The van der Waals surface area contributed by atoms with E-state index < -0.39 is 0 Å². The third kappa shape index (κ3) is 3.56. The molecule has 1 aromatic rings. The van der Waals surface area contributed by atoms with Crippen LogP contribution in [0.1, 0.15) is 39.2 Å². The van der Waals surface area contributed by atoms with Gasteiger partial charge in [0.1, 0.15) is 0 Å². The number of rotatable bonds is 4. The van der Waals surface area contributed by atoms with E-state index in [4.69, 9.17) is 5.73 Å². The van der Waals surface area contributed by atoms with Crippen molar-refractivity contribution in [3.05, 3.63) is 29.8 Å². The first-order valence-electron chi connectivity index (χ1n) is 6.08. The molecular formula is C14H22N2O. The van der Waals surface area contributed by atoms with Crippen molar-refractivity contribution in [1.82, 2.24) is 0 Å². The van der Waals surface area contributed by atoms with Gasteiger partial charge >= 0.3 is 0 Å². The molecular weight excluding hydrogens is 212 g/mol. The second kappa shape index (κ2) is 5.82. The molecule has 0 bridgehead atoms. The number of amides is 1. The van der Waals surface area contributed by atoms with E-state index in [9.17, 15) is 4.79 Å². The Bertz CT molecular complexity index is 386. The van der Waals surface area contributed by atoms with Gasteiger partial charge in [0.25, 0.3) is 0 Å². The molecule has 0 aliphatic heterocycles. The van der Waals surface area contributed by atoms with Crippen LogP contribution in [0.15, 0.2) is 24.3 Å². The SMILES string of the molecule is CC(C)c1ccccc1NC(=O)C(C)C(C)N. The molecule has 0 radical (unpaired) electrons. The van der Waals surface area contributed by atoms with Crippen molar-refractivity contribution in [2.75, 3.05) is 5.32 Å². The summed E-state index contributed by atoms with van der Waals surface area (Å²) in [6.45, 7) is 7.91. The van der Waals surface area contributed by atoms with Gasteiger partial charge in [0.2, 0.25) is 5.91 Å². The van der Waals surface area contributed by atoms with Crippen LogP contribution in [-0.2, 0) is 4.79 Å². The summed E-state index contributed by atoms with van der Waals surface area (Å²) in [5.74, 6) is 0.181. The third-order valence-electron chi connectivity index (χ3n) is 3.04. The van der Waals surface area contributed by atoms with Gasteiger partial charge in [0.15, 0.2) is 0 Å². The van der Waals surface area contributed by atoms with Gasteiger partial charge in [-0.1, -0.05) is 39.0 Å². The molecule has 0 heterocycles. The van der Waals surface area contributed by atoms with Gasteiger partial charge in [-0.15, -0.1) is 0 Å². The van der Waals surface area contributed by atoms with Crippen LogP contribution in [0.2, 0.25) is 0 Å². The normalized spacial score (nSPS) is 14.5. The number of hydrogen-bond donors (Lipinski definition) is 2. The zero-order valence-corrected chi connectivity index (χ0v) is 11.0. The highest BCUT2D eigenvalue weighted by Crippen LogP contribution is 2.24. The molecule has 0 saturated carbocycles. The Morgan fingerprint density at radius 3 is 2.29 bits per heavy atom. The lowest BCUT2D eigenvalue weighted by molar-refractivity contribution is -0.119. The molecule has 0 fully saturated rings. The van der Waals surface area contributed by atoms with E-state index in [2.05, 4.69) is 19.2 Å². The van der Waals surface area contributed by atoms with Crippen molar-refractivity contribution >= 4 is 11.6 Å². The number of benzene rings is 1. The summed E-state index contributed by atoms with van der Waals surface area (Å²) in [4.78, 5) is 11.9. The van der Waals surface area contributed by atoms with E-state index in [1.165, 1.54) is 0 Å². The fourth-order valence-electron chi connectivity index (χ4n) is 1.60. The van der Waals surface area contributed by atoms with Crippen molar-refractivity contribution < 1.29 is 4.79 Å². The molecule has 0 saturated heterocycles. The molecule has 0 spiro atoms. The fourth-order valence-corrected chi connectivity index (χ4v) is 1.60. The zero-order chi connectivity index (χ0) is 13.0. The number of hydrogen-bond acceptors (Lipinski definition) is 2. The van der Waals surface area contributed by atoms with Crippen LogP contribution in [-0.4, -0.2) is 11.9 Å². The summed E-state index contributed by atoms with van der Waals surface area (Å²) >= 11 is 0. The maximum atomic E-state index is 11.9. The van der Waals surface area contributed by atoms with E-state index in [-0.39, 0.29) is 17.9 Å². The third-order valence-corrected chi connectivity index (χ3v) is 3.04. The van der Waals surface area contributed by atoms with Crippen LogP contribution in [0.3, 0.4) is 0 Å². The lowest BCUT2D eigenvalue weighted by atomic mass is 9.99. The maximum Gasteiger partial charge on any atom is 0.228 e. The Morgan fingerprint density at radius 2 is 1.76 bits per heavy atom. The molecule has 1 rings (SSSR count). The smallest absolute Gasteiger partial charge is 0.228 e. The first kappa shape index (κ1) is 13.7. The Labute approximate surface area is 103 Å². The Balaban J connectivity index is 2.85. The number of anilines is 1. The van der Waals surface area contributed by atoms with Gasteiger partial charge in [-0.2, -0.15) is 0 Å². The summed E-state index contributed by atoms with van der Waals surface area (Å²) in [6.07, 6.45) is 0. The quantitative estimate of drug-likeness (QED) is 0.841. The van der Waals surface area contributed by atoms with Crippen molar-refractivity contribution in [3.8, 4) is 0 Å². The van der Waals surface area contributed by atoms with Gasteiger partial charge in [-0.05, 0) is 24.5 Å². The molecule has 3 N–H and O–H groups in total. The van der Waals surface area contributed by atoms with Crippen LogP contribution in [0.5, 0.6) is 0 Å². The molecule has 3 heteroatoms. The van der Waals surface area contributed by atoms with Crippen LogP contribution >= 0.6 is 0 Å². The highest BCUT2D eigenvalue weighted by Gasteiger charge is 2.18. The average Bonchev–Trinajstić information content (AvgIpc) is 2.28. The number of nitrogens with two attached hydrogens (primary N) is 1. The highest BCUT2D eigenvalue weighted by atomic mass is 16.1. The van der Waals surface area contributed by atoms with E-state index in [1.807, 2.05) is 38.1 Å². The molecule has 0 aliphatic rings. The van der Waals surface area contributed by atoms with Gasteiger partial charge in [-0.3, -0.25) is 4.79 Å². The van der Waals surface area contributed by atoms with Gasteiger partial charge in [0, 0.05) is 11.7 Å². The number of carbonyl (C=O) groups is 1. The van der Waals surface area contributed by atoms with Gasteiger partial charge < -0.3 is 11.1 Å². The first-order valence-corrected chi connectivity index (χ1v) is 6.08. The zero-order valence-electron chi connectivity index (χ0n) is 11.0. The lowest BCUT2D eigenvalue weighted by Gasteiger charge is -2.18. The summed E-state index contributed by atoms with van der Waals surface area (Å²) in [5, 5.41) is 2.95. The lowest BCUT2D eigenvalue weighted by Crippen LogP contribution is -2.34. The summed E-state index contributed by atoms with van der Waals surface area (Å²) in [6, 6.07) is 7.75. The van der Waals surface area contributed by atoms with E-state index >= 15 is 0 Å². The summed E-state index contributed by atoms with van der Waals surface area (Å²) in [7, 11) is 0. The van der Waals surface area contributed by atoms with Crippen molar-refractivity contribution in [2.45, 2.75) is 39.7 Å². The van der Waals surface area contributed by atoms with E-state index in [0.29, 0.717) is 5.92 Å². The predicted octanol–water partition coefficient (Wildman–Crippen LogP) is 2.73. The number of nitrogens with one attached hydrogen (secondary N) is 1. The molecule has 2 atom stereocenters. The van der Waals surface area contributed by atoms with Crippen LogP contribution in [0, 0.1) is 5.92 Å². The molecule has 17 heavy (non-hydrogen) atoms. The maximum absolute atomic E-state index is 11.9. The van der Waals surface area contributed by atoms with Crippen LogP contribution in [0.4, 0.5) is 5.69 Å². The Kier molecular flexibility index (Phi) is 4.70. The predicted molar refractivity (Wildman–Crippen MR) is 72.0 cm³/mol. The fraction of sp³-hybridized carbons (Fsp3) is 0.500. The van der Waals surface area contributed by atoms with E-state index in [1.54, 1.807) is 0 Å². The summed E-state index contributed by atoms with van der Waals surface area (Å²) in [5.41, 5.74) is 7.77. The standard InChI is InChI=1S/C14H22N2O/c1-9(2)12-7-5-6-8-13(12)16-14(17)10(3)11(4)15/h5-11H,15H2,1-4H3,(H,16,17). The molecule has 3 nitrogen and oxygen atoms in total. The molecule has 0 aliphatic carbocycles. The molecule has 1 aromatic carbocycles. The van der Waals surface area contributed by atoms with E-state index in [0.717, 1.165) is 11.3 Å². The second-order valence-electron chi connectivity index (χ2n) is 4.88. The minimum atomic E-state index is -0.185. The molecule has 0 aromatic heterocycles. The van der Waals surface area contributed by atoms with Crippen LogP contribution in [0.25, 0.3) is 0 Å². The number of para-hydroxylation sites is 1. The Morgan fingerprint density at radius 1 is 1.18 bits per heavy atom. The summed E-state index contributed by atoms with van der Waals surface area (Å²) < 4.78 is 0. The topological polar surface area (TPSA) is 55.1 Å². The molecule has 2 unspecified atom stereocenters. The second-order valence-corrected chi connectivity index (χ2v) is 4.88. The van der Waals surface area contributed by atoms with Crippen molar-refractivity contribution in [1.29, 1.82) is 0 Å². The Hall–Kier alpha value is -1.35. The van der Waals surface area contributed by atoms with Crippen LogP contribution < -0.4 is 11.1 Å². The molecule has 94 valence electrons. The first-order chi connectivity index (χ1) is 7.93. The van der Waals surface area contributed by atoms with Crippen molar-refractivity contribution in [3.63, 3.8) is 0 Å². The minimum absolute atomic E-state index is 0.0203. The van der Waals surface area contributed by atoms with Gasteiger partial charge in [-0.25, -0.2) is 0 Å². The monoisotopic (exact) mass is 234 g/mol. The van der Waals surface area contributed by atoms with Gasteiger partial charge in [0.05, 0.1) is 5.92 Å². The average molecular weight is 234 g/mol. The molecule has 1 amide bonds. The number of carbonyl (C=O) groups excluding carboxylic acids is 1. The largest absolute Gasteiger partial charge is 0.327 e. The van der Waals surface area contributed by atoms with Crippen molar-refractivity contribution in [2.24, 2.45) is 11.7 Å². The minimum Gasteiger partial charge on any atom is -0.327 e.